The van der Waals surface area contributed by atoms with Gasteiger partial charge in [0.1, 0.15) is 24.4 Å². The molecule has 0 bridgehead atoms. The zero-order chi connectivity index (χ0) is 14.0. The van der Waals surface area contributed by atoms with E-state index in [4.69, 9.17) is 35.7 Å². The number of Topliss-reactive ketones (excluding diaryl/α,β-unsaturated/α-hetero) is 1. The van der Waals surface area contributed by atoms with Gasteiger partial charge in [0, 0.05) is 0 Å². The van der Waals surface area contributed by atoms with E-state index < -0.39 is 36.8 Å². The Balaban J connectivity index is 0. The van der Waals surface area contributed by atoms with Crippen molar-refractivity contribution >= 4 is 5.78 Å². The minimum Gasteiger partial charge on any atom is -0.394 e. The second kappa shape index (κ2) is 10.5. The Morgan fingerprint density at radius 3 is 1.59 bits per heavy atom. The number of aliphatic hydroxyl groups is 7. The van der Waals surface area contributed by atoms with E-state index in [1.54, 1.807) is 0 Å². The maximum atomic E-state index is 10.5. The molecular weight excluding hydrogens is 236 g/mol. The summed E-state index contributed by atoms with van der Waals surface area (Å²) in [5.41, 5.74) is 0. The van der Waals surface area contributed by atoms with E-state index in [-0.39, 0.29) is 13.2 Å². The number of carbonyl (C=O) groups excluding carboxylic acids is 1. The molecule has 7 N–H and O–H groups in total. The van der Waals surface area contributed by atoms with Crippen LogP contribution in [0.1, 0.15) is 6.92 Å². The maximum absolute atomic E-state index is 10.5. The van der Waals surface area contributed by atoms with E-state index in [9.17, 15) is 4.79 Å². The quantitative estimate of drug-likeness (QED) is 0.253. The molecule has 0 aromatic rings. The summed E-state index contributed by atoms with van der Waals surface area (Å²) in [7, 11) is 0. The summed E-state index contributed by atoms with van der Waals surface area (Å²) in [6.45, 7) is 0.0226. The molecule has 0 aliphatic heterocycles. The van der Waals surface area contributed by atoms with E-state index in [0.29, 0.717) is 0 Å². The molecule has 4 atom stereocenters. The molecule has 0 fully saturated rings. The van der Waals surface area contributed by atoms with Crippen molar-refractivity contribution in [2.45, 2.75) is 31.3 Å². The molecule has 0 aliphatic rings. The van der Waals surface area contributed by atoms with Gasteiger partial charge in [0.2, 0.25) is 0 Å². The highest BCUT2D eigenvalue weighted by atomic mass is 16.4. The Hall–Kier alpha value is -0.610. The van der Waals surface area contributed by atoms with E-state index in [1.807, 2.05) is 0 Å². The highest BCUT2D eigenvalue weighted by Gasteiger charge is 2.32. The number of ketones is 1. The summed E-state index contributed by atoms with van der Waals surface area (Å²) in [4.78, 5) is 10.5. The molecule has 0 aromatic heterocycles. The van der Waals surface area contributed by atoms with Gasteiger partial charge in [-0.1, -0.05) is 0 Å². The highest BCUT2D eigenvalue weighted by Crippen LogP contribution is 2.05. The van der Waals surface area contributed by atoms with Crippen LogP contribution in [0.4, 0.5) is 0 Å². The molecule has 17 heavy (non-hydrogen) atoms. The highest BCUT2D eigenvalue weighted by molar-refractivity contribution is 5.80. The topological polar surface area (TPSA) is 159 Å². The van der Waals surface area contributed by atoms with Crippen LogP contribution in [-0.2, 0) is 4.79 Å². The van der Waals surface area contributed by atoms with Crippen molar-refractivity contribution in [3.05, 3.63) is 0 Å². The Morgan fingerprint density at radius 2 is 1.35 bits per heavy atom. The lowest BCUT2D eigenvalue weighted by atomic mass is 10.0. The first-order valence-electron chi connectivity index (χ1n) is 4.88. The lowest BCUT2D eigenvalue weighted by molar-refractivity contribution is -0.145. The van der Waals surface area contributed by atoms with Crippen molar-refractivity contribution in [2.75, 3.05) is 19.8 Å². The van der Waals surface area contributed by atoms with Gasteiger partial charge in [-0.2, -0.15) is 0 Å². The van der Waals surface area contributed by atoms with Crippen LogP contribution in [0.3, 0.4) is 0 Å². The molecule has 0 aliphatic carbocycles. The van der Waals surface area contributed by atoms with Gasteiger partial charge in [-0.25, -0.2) is 0 Å². The fraction of sp³-hybridized carbons (Fsp3) is 0.889. The number of carbonyl (C=O) groups is 1. The summed E-state index contributed by atoms with van der Waals surface area (Å²) in [6, 6.07) is 0. The molecule has 4 unspecified atom stereocenters. The van der Waals surface area contributed by atoms with Crippen LogP contribution in [0.15, 0.2) is 0 Å². The van der Waals surface area contributed by atoms with Gasteiger partial charge in [0.15, 0.2) is 5.78 Å². The van der Waals surface area contributed by atoms with E-state index in [1.165, 1.54) is 0 Å². The van der Waals surface area contributed by atoms with Crippen molar-refractivity contribution in [3.8, 4) is 0 Å². The van der Waals surface area contributed by atoms with Gasteiger partial charge in [0.25, 0.3) is 0 Å². The largest absolute Gasteiger partial charge is 0.394 e. The van der Waals surface area contributed by atoms with Crippen molar-refractivity contribution in [1.29, 1.82) is 0 Å². The van der Waals surface area contributed by atoms with Crippen LogP contribution in [0.25, 0.3) is 0 Å². The van der Waals surface area contributed by atoms with Crippen LogP contribution in [0, 0.1) is 0 Å². The second-order valence-electron chi connectivity index (χ2n) is 3.23. The van der Waals surface area contributed by atoms with Crippen LogP contribution in [0.2, 0.25) is 0 Å². The molecular formula is C9H20O8. The van der Waals surface area contributed by atoms with Gasteiger partial charge >= 0.3 is 0 Å². The minimum absolute atomic E-state index is 0.125. The third-order valence-corrected chi connectivity index (χ3v) is 1.77. The van der Waals surface area contributed by atoms with Crippen molar-refractivity contribution in [1.82, 2.24) is 0 Å². The maximum Gasteiger partial charge on any atom is 0.160 e. The van der Waals surface area contributed by atoms with Crippen LogP contribution in [0.5, 0.6) is 0 Å². The fourth-order valence-corrected chi connectivity index (χ4v) is 0.763. The third kappa shape index (κ3) is 8.16. The third-order valence-electron chi connectivity index (χ3n) is 1.77. The second-order valence-corrected chi connectivity index (χ2v) is 3.23. The first-order valence-corrected chi connectivity index (χ1v) is 4.88. The lowest BCUT2D eigenvalue weighted by Gasteiger charge is -2.23. The predicted molar refractivity (Wildman–Crippen MR) is 56.0 cm³/mol. The average Bonchev–Trinajstić information content (AvgIpc) is 2.34. The Bertz CT molecular complexity index is 195. The summed E-state index contributed by atoms with van der Waals surface area (Å²) >= 11 is 0. The zero-order valence-corrected chi connectivity index (χ0v) is 9.47. The summed E-state index contributed by atoms with van der Waals surface area (Å²) < 4.78 is 0. The smallest absolute Gasteiger partial charge is 0.160 e. The van der Waals surface area contributed by atoms with Crippen molar-refractivity contribution < 1.29 is 40.5 Å². The Kier molecular flexibility index (Phi) is 11.6. The normalized spacial score (nSPS) is 17.4. The number of hydrogen-bond acceptors (Lipinski definition) is 8. The van der Waals surface area contributed by atoms with Gasteiger partial charge in [0.05, 0.1) is 19.8 Å². The number of rotatable bonds is 6. The molecule has 0 saturated carbocycles. The lowest BCUT2D eigenvalue weighted by Crippen LogP contribution is -2.48. The molecule has 0 rings (SSSR count). The Morgan fingerprint density at radius 1 is 0.941 bits per heavy atom. The fourth-order valence-electron chi connectivity index (χ4n) is 0.763. The molecule has 0 aromatic carbocycles. The molecule has 0 spiro atoms. The summed E-state index contributed by atoms with van der Waals surface area (Å²) in [5, 5.41) is 59.5. The SMILES string of the molecule is CC(=O)C(O)C(O)C(O)C(O)CO.OCCO. The molecule has 0 amide bonds. The van der Waals surface area contributed by atoms with Crippen molar-refractivity contribution in [3.63, 3.8) is 0 Å². The van der Waals surface area contributed by atoms with Gasteiger partial charge < -0.3 is 35.7 Å². The standard InChI is InChI=1S/C7H14O6.C2H6O2/c1-3(9)5(11)7(13)6(12)4(10)2-8;3-1-2-4/h4-8,10-13H,2H2,1H3;3-4H,1-2H2. The average molecular weight is 256 g/mol. The number of aliphatic hydroxyl groups excluding tert-OH is 7. The number of hydrogen-bond donors (Lipinski definition) is 7. The molecule has 0 saturated heterocycles. The first-order chi connectivity index (χ1) is 7.83. The van der Waals surface area contributed by atoms with E-state index in [2.05, 4.69) is 0 Å². The van der Waals surface area contributed by atoms with Crippen LogP contribution < -0.4 is 0 Å². The molecule has 0 heterocycles. The van der Waals surface area contributed by atoms with Crippen LogP contribution in [-0.4, -0.2) is 85.8 Å². The minimum atomic E-state index is -1.79. The molecule has 8 nitrogen and oxygen atoms in total. The van der Waals surface area contributed by atoms with Gasteiger partial charge in [-0.15, -0.1) is 0 Å². The molecule has 104 valence electrons. The van der Waals surface area contributed by atoms with Crippen molar-refractivity contribution in [2.24, 2.45) is 0 Å². The molecule has 0 radical (unpaired) electrons. The zero-order valence-electron chi connectivity index (χ0n) is 9.47. The molecule has 8 heteroatoms. The van der Waals surface area contributed by atoms with E-state index in [0.717, 1.165) is 6.92 Å². The Labute approximate surface area is 98.4 Å². The predicted octanol–water partition coefficient (Wildman–Crippen LogP) is -4.02. The van der Waals surface area contributed by atoms with E-state index >= 15 is 0 Å². The summed E-state index contributed by atoms with van der Waals surface area (Å²) in [5.74, 6) is -0.725. The van der Waals surface area contributed by atoms with Crippen LogP contribution >= 0.6 is 0 Å². The first kappa shape index (κ1) is 18.7. The van der Waals surface area contributed by atoms with Gasteiger partial charge in [-0.05, 0) is 6.92 Å². The summed E-state index contributed by atoms with van der Waals surface area (Å²) in [6.07, 6.45) is -6.87. The monoisotopic (exact) mass is 256 g/mol. The van der Waals surface area contributed by atoms with Gasteiger partial charge in [-0.3, -0.25) is 4.79 Å².